The Balaban J connectivity index is 5.55. The van der Waals surface area contributed by atoms with Crippen LogP contribution in [0.15, 0.2) is 0 Å². The number of rotatable bonds is 10. The fraction of sp³-hybridized carbons (Fsp3) is 1.00. The van der Waals surface area contributed by atoms with Crippen LogP contribution in [0.2, 0.25) is 0 Å². The highest BCUT2D eigenvalue weighted by molar-refractivity contribution is 7.93. The molecule has 0 nitrogen and oxygen atoms in total. The molecule has 0 spiro atoms. The van der Waals surface area contributed by atoms with Crippen LogP contribution in [0.1, 0.15) is 54.9 Å². The maximum Gasteiger partial charge on any atom is 0.0298 e. The molecule has 110 valence electrons. The summed E-state index contributed by atoms with van der Waals surface area (Å²) >= 11 is 0. The van der Waals surface area contributed by atoms with Gasteiger partial charge in [0.1, 0.15) is 0 Å². The first-order valence-electron chi connectivity index (χ1n) is 7.87. The smallest absolute Gasteiger partial charge is 0.0298 e. The van der Waals surface area contributed by atoms with E-state index in [1.807, 2.05) is 0 Å². The van der Waals surface area contributed by atoms with Crippen molar-refractivity contribution in [3.05, 3.63) is 0 Å². The Kier molecular flexibility index (Phi) is 10.8. The van der Waals surface area contributed by atoms with Crippen LogP contribution in [0.5, 0.6) is 0 Å². The zero-order valence-corrected chi connectivity index (χ0v) is 16.5. The first-order valence-corrected chi connectivity index (χ1v) is 13.0. The molecule has 0 aliphatic heterocycles. The molecule has 0 aromatic carbocycles. The van der Waals surface area contributed by atoms with Gasteiger partial charge in [-0.2, -0.15) is 0 Å². The summed E-state index contributed by atoms with van der Waals surface area (Å²) in [6, 6.07) is 0. The molecule has 18 heavy (non-hydrogen) atoms. The summed E-state index contributed by atoms with van der Waals surface area (Å²) in [4.78, 5) is 0. The molecule has 0 saturated heterocycles. The third-order valence-electron chi connectivity index (χ3n) is 4.28. The van der Waals surface area contributed by atoms with E-state index in [0.29, 0.717) is 0 Å². The van der Waals surface area contributed by atoms with Crippen molar-refractivity contribution in [2.75, 3.05) is 37.0 Å². The van der Waals surface area contributed by atoms with Gasteiger partial charge in [-0.15, -0.1) is 0 Å². The Morgan fingerprint density at radius 2 is 0.722 bits per heavy atom. The lowest BCUT2D eigenvalue weighted by molar-refractivity contribution is 0.943. The van der Waals surface area contributed by atoms with E-state index in [0.717, 1.165) is 4.64 Å². The molecule has 0 N–H and O–H groups in total. The molecule has 0 unspecified atom stereocenters. The molecule has 0 aromatic rings. The van der Waals surface area contributed by atoms with Crippen molar-refractivity contribution in [1.82, 2.24) is 0 Å². The molecule has 0 aliphatic rings. The van der Waals surface area contributed by atoms with Crippen LogP contribution >= 0.6 is 23.8 Å². The third-order valence-corrected chi connectivity index (χ3v) is 17.9. The van der Waals surface area contributed by atoms with Crippen LogP contribution in [-0.2, 0) is 0 Å². The van der Waals surface area contributed by atoms with E-state index in [9.17, 15) is 0 Å². The standard InChI is InChI=1S/C15H35P3/c1-8-15(16(9-2)10-3,17(11-4)12-5)18(13-6)14-7/h8-14H2,1-7H3. The van der Waals surface area contributed by atoms with E-state index >= 15 is 0 Å². The van der Waals surface area contributed by atoms with E-state index < -0.39 is 0 Å². The predicted molar refractivity (Wildman–Crippen MR) is 97.0 cm³/mol. The van der Waals surface area contributed by atoms with Crippen molar-refractivity contribution in [3.63, 3.8) is 0 Å². The minimum atomic E-state index is 0.252. The zero-order chi connectivity index (χ0) is 14.2. The molecular weight excluding hydrogens is 273 g/mol. The highest BCUT2D eigenvalue weighted by atomic mass is 31.2. The molecule has 0 rings (SSSR count). The van der Waals surface area contributed by atoms with Crippen LogP contribution in [0.3, 0.4) is 0 Å². The SMILES string of the molecule is CCP(CC)C(CC)(P(CC)CC)P(CC)CC. The van der Waals surface area contributed by atoms with Gasteiger partial charge in [0.15, 0.2) is 0 Å². The maximum absolute atomic E-state index is 2.50. The summed E-state index contributed by atoms with van der Waals surface area (Å²) in [6.45, 7) is 17.2. The molecule has 0 bridgehead atoms. The van der Waals surface area contributed by atoms with Gasteiger partial charge in [-0.3, -0.25) is 0 Å². The van der Waals surface area contributed by atoms with Gasteiger partial charge >= 0.3 is 0 Å². The van der Waals surface area contributed by atoms with Gasteiger partial charge in [0.05, 0.1) is 0 Å². The van der Waals surface area contributed by atoms with Crippen molar-refractivity contribution < 1.29 is 0 Å². The van der Waals surface area contributed by atoms with Crippen LogP contribution in [0.25, 0.3) is 0 Å². The highest BCUT2D eigenvalue weighted by Crippen LogP contribution is 2.80. The number of hydrogen-bond acceptors (Lipinski definition) is 0. The summed E-state index contributed by atoms with van der Waals surface area (Å²) in [5.74, 6) is 0. The Morgan fingerprint density at radius 3 is 0.833 bits per heavy atom. The van der Waals surface area contributed by atoms with Gasteiger partial charge in [0.25, 0.3) is 0 Å². The third kappa shape index (κ3) is 3.90. The normalized spacial score (nSPS) is 13.0. The number of hydrogen-bond donors (Lipinski definition) is 0. The van der Waals surface area contributed by atoms with Gasteiger partial charge in [0, 0.05) is 4.64 Å². The van der Waals surface area contributed by atoms with Gasteiger partial charge in [-0.25, -0.2) is 0 Å². The fourth-order valence-electron chi connectivity index (χ4n) is 3.46. The van der Waals surface area contributed by atoms with Gasteiger partial charge in [-0.05, 0) is 43.4 Å². The molecule has 0 aliphatic carbocycles. The van der Waals surface area contributed by atoms with Crippen LogP contribution in [0, 0.1) is 0 Å². The minimum Gasteiger partial charge on any atom is -0.0919 e. The van der Waals surface area contributed by atoms with E-state index in [1.165, 1.54) is 43.4 Å². The second kappa shape index (κ2) is 10.1. The Hall–Kier alpha value is 1.29. The van der Waals surface area contributed by atoms with Gasteiger partial charge in [0.2, 0.25) is 0 Å². The summed E-state index contributed by atoms with van der Waals surface area (Å²) in [6.07, 6.45) is 10.2. The lowest BCUT2D eigenvalue weighted by Crippen LogP contribution is -2.27. The minimum absolute atomic E-state index is 0.252. The maximum atomic E-state index is 2.50. The van der Waals surface area contributed by atoms with Gasteiger partial charge in [-0.1, -0.05) is 72.2 Å². The second-order valence-electron chi connectivity index (χ2n) is 4.64. The molecule has 0 atom stereocenters. The van der Waals surface area contributed by atoms with Gasteiger partial charge < -0.3 is 0 Å². The Morgan fingerprint density at radius 1 is 0.500 bits per heavy atom. The van der Waals surface area contributed by atoms with Crippen molar-refractivity contribution >= 4 is 23.8 Å². The van der Waals surface area contributed by atoms with E-state index in [2.05, 4.69) is 48.5 Å². The summed E-state index contributed by atoms with van der Waals surface area (Å²) in [5, 5.41) is 0. The summed E-state index contributed by atoms with van der Waals surface area (Å²) in [5.41, 5.74) is 0. The molecule has 0 amide bonds. The highest BCUT2D eigenvalue weighted by Gasteiger charge is 2.44. The first-order chi connectivity index (χ1) is 8.62. The quantitative estimate of drug-likeness (QED) is 0.398. The Bertz CT molecular complexity index is 163. The summed E-state index contributed by atoms with van der Waals surface area (Å²) < 4.78 is 0.788. The molecule has 0 aromatic heterocycles. The lowest BCUT2D eigenvalue weighted by Gasteiger charge is -2.51. The average molecular weight is 308 g/mol. The van der Waals surface area contributed by atoms with Crippen molar-refractivity contribution in [2.24, 2.45) is 0 Å². The van der Waals surface area contributed by atoms with Crippen molar-refractivity contribution in [3.8, 4) is 0 Å². The largest absolute Gasteiger partial charge is 0.0919 e. The lowest BCUT2D eigenvalue weighted by atomic mass is 10.6. The average Bonchev–Trinajstić information content (AvgIpc) is 2.41. The van der Waals surface area contributed by atoms with Crippen LogP contribution in [-0.4, -0.2) is 41.6 Å². The fourth-order valence-corrected chi connectivity index (χ4v) is 19.1. The monoisotopic (exact) mass is 308 g/mol. The molecular formula is C15H35P3. The molecule has 3 heteroatoms. The second-order valence-corrected chi connectivity index (χ2v) is 15.0. The summed E-state index contributed by atoms with van der Waals surface area (Å²) in [7, 11) is 0.755. The topological polar surface area (TPSA) is 0 Å². The van der Waals surface area contributed by atoms with E-state index in [1.54, 1.807) is 0 Å². The van der Waals surface area contributed by atoms with Crippen molar-refractivity contribution in [1.29, 1.82) is 0 Å². The van der Waals surface area contributed by atoms with E-state index in [4.69, 9.17) is 0 Å². The van der Waals surface area contributed by atoms with Crippen LogP contribution < -0.4 is 0 Å². The molecule has 0 radical (unpaired) electrons. The Labute approximate surface area is 120 Å². The van der Waals surface area contributed by atoms with Crippen molar-refractivity contribution in [2.45, 2.75) is 59.5 Å². The van der Waals surface area contributed by atoms with E-state index in [-0.39, 0.29) is 23.8 Å². The molecule has 0 saturated carbocycles. The predicted octanol–water partition coefficient (Wildman–Crippen LogP) is 6.62. The zero-order valence-electron chi connectivity index (χ0n) is 13.8. The van der Waals surface area contributed by atoms with Crippen LogP contribution in [0.4, 0.5) is 0 Å². The molecule has 0 heterocycles. The molecule has 0 fully saturated rings. The first kappa shape index (κ1) is 19.3.